The normalized spacial score (nSPS) is 21.6. The lowest BCUT2D eigenvalue weighted by Gasteiger charge is -2.42. The van der Waals surface area contributed by atoms with Gasteiger partial charge in [0.25, 0.3) is 0 Å². The van der Waals surface area contributed by atoms with Gasteiger partial charge in [-0.1, -0.05) is 33.1 Å². The Kier molecular flexibility index (Phi) is 4.81. The first-order chi connectivity index (χ1) is 7.33. The fourth-order valence-corrected chi connectivity index (χ4v) is 2.23. The molecule has 1 saturated heterocycles. The summed E-state index contributed by atoms with van der Waals surface area (Å²) in [5.41, 5.74) is 6.36. The van der Waals surface area contributed by atoms with E-state index in [0.29, 0.717) is 0 Å². The first-order valence-electron chi connectivity index (χ1n) is 6.84. The SMILES string of the molecule is CC(C)(N)C(C)(C)CN1CCCCCCC1. The fourth-order valence-electron chi connectivity index (χ4n) is 2.23. The van der Waals surface area contributed by atoms with Gasteiger partial charge in [0.15, 0.2) is 0 Å². The van der Waals surface area contributed by atoms with Gasteiger partial charge in [-0.3, -0.25) is 0 Å². The summed E-state index contributed by atoms with van der Waals surface area (Å²) < 4.78 is 0. The van der Waals surface area contributed by atoms with Crippen molar-refractivity contribution < 1.29 is 0 Å². The summed E-state index contributed by atoms with van der Waals surface area (Å²) in [6.45, 7) is 12.6. The Morgan fingerprint density at radius 1 is 0.875 bits per heavy atom. The van der Waals surface area contributed by atoms with E-state index in [1.807, 2.05) is 0 Å². The Balaban J connectivity index is 2.50. The minimum Gasteiger partial charge on any atom is -0.325 e. The predicted octanol–water partition coefficient (Wildman–Crippen LogP) is 3.02. The molecule has 96 valence electrons. The van der Waals surface area contributed by atoms with Gasteiger partial charge in [-0.05, 0) is 45.2 Å². The van der Waals surface area contributed by atoms with Crippen molar-refractivity contribution >= 4 is 0 Å². The van der Waals surface area contributed by atoms with Crippen molar-refractivity contribution in [2.45, 2.75) is 65.3 Å². The smallest absolute Gasteiger partial charge is 0.0161 e. The Labute approximate surface area is 102 Å². The molecule has 0 aromatic carbocycles. The maximum Gasteiger partial charge on any atom is 0.0161 e. The molecule has 0 unspecified atom stereocenters. The molecule has 2 N–H and O–H groups in total. The van der Waals surface area contributed by atoms with Crippen molar-refractivity contribution in [2.24, 2.45) is 11.1 Å². The number of nitrogens with zero attached hydrogens (tertiary/aromatic N) is 1. The van der Waals surface area contributed by atoms with Crippen LogP contribution in [0, 0.1) is 5.41 Å². The molecule has 0 aromatic heterocycles. The highest BCUT2D eigenvalue weighted by atomic mass is 15.1. The van der Waals surface area contributed by atoms with E-state index in [9.17, 15) is 0 Å². The molecule has 0 bridgehead atoms. The van der Waals surface area contributed by atoms with Crippen molar-refractivity contribution in [1.82, 2.24) is 4.90 Å². The van der Waals surface area contributed by atoms with Crippen molar-refractivity contribution in [3.8, 4) is 0 Å². The average molecular weight is 226 g/mol. The highest BCUT2D eigenvalue weighted by molar-refractivity contribution is 4.92. The zero-order chi connectivity index (χ0) is 12.2. The lowest BCUT2D eigenvalue weighted by molar-refractivity contribution is 0.107. The Morgan fingerprint density at radius 3 is 1.75 bits per heavy atom. The van der Waals surface area contributed by atoms with Crippen LogP contribution in [0.4, 0.5) is 0 Å². The molecule has 0 atom stereocenters. The van der Waals surface area contributed by atoms with E-state index in [4.69, 9.17) is 5.73 Å². The van der Waals surface area contributed by atoms with Crippen LogP contribution in [0.5, 0.6) is 0 Å². The zero-order valence-corrected chi connectivity index (χ0v) is 11.7. The van der Waals surface area contributed by atoms with Crippen molar-refractivity contribution in [3.05, 3.63) is 0 Å². The third kappa shape index (κ3) is 4.06. The second kappa shape index (κ2) is 5.50. The van der Waals surface area contributed by atoms with Gasteiger partial charge in [-0.15, -0.1) is 0 Å². The van der Waals surface area contributed by atoms with Gasteiger partial charge in [0.1, 0.15) is 0 Å². The van der Waals surface area contributed by atoms with Crippen LogP contribution in [0.2, 0.25) is 0 Å². The van der Waals surface area contributed by atoms with E-state index in [1.54, 1.807) is 0 Å². The molecule has 2 nitrogen and oxygen atoms in total. The summed E-state index contributed by atoms with van der Waals surface area (Å²) in [5.74, 6) is 0. The van der Waals surface area contributed by atoms with Gasteiger partial charge in [-0.2, -0.15) is 0 Å². The number of hydrogen-bond acceptors (Lipinski definition) is 2. The van der Waals surface area contributed by atoms with Crippen LogP contribution in [0.15, 0.2) is 0 Å². The van der Waals surface area contributed by atoms with Crippen molar-refractivity contribution in [1.29, 1.82) is 0 Å². The van der Waals surface area contributed by atoms with Gasteiger partial charge in [-0.25, -0.2) is 0 Å². The lowest BCUT2D eigenvalue weighted by atomic mass is 9.74. The first kappa shape index (κ1) is 14.0. The topological polar surface area (TPSA) is 29.3 Å². The molecule has 0 aliphatic carbocycles. The van der Waals surface area contributed by atoms with Crippen LogP contribution < -0.4 is 5.73 Å². The molecular formula is C14H30N2. The standard InChI is InChI=1S/C14H30N2/c1-13(2,14(3,4)15)12-16-10-8-6-5-7-9-11-16/h5-12,15H2,1-4H3. The monoisotopic (exact) mass is 226 g/mol. The molecule has 1 rings (SSSR count). The summed E-state index contributed by atoms with van der Waals surface area (Å²) in [6.07, 6.45) is 6.97. The fraction of sp³-hybridized carbons (Fsp3) is 1.00. The Morgan fingerprint density at radius 2 is 1.31 bits per heavy atom. The van der Waals surface area contributed by atoms with Crippen LogP contribution >= 0.6 is 0 Å². The molecule has 2 heteroatoms. The average Bonchev–Trinajstić information content (AvgIpc) is 2.07. The van der Waals surface area contributed by atoms with E-state index in [-0.39, 0.29) is 11.0 Å². The van der Waals surface area contributed by atoms with Crippen LogP contribution in [0.25, 0.3) is 0 Å². The minimum atomic E-state index is -0.102. The van der Waals surface area contributed by atoms with Gasteiger partial charge in [0.05, 0.1) is 0 Å². The summed E-state index contributed by atoms with van der Waals surface area (Å²) >= 11 is 0. The molecule has 1 heterocycles. The Bertz CT molecular complexity index is 195. The minimum absolute atomic E-state index is 0.102. The highest BCUT2D eigenvalue weighted by Gasteiger charge is 2.34. The molecule has 0 aromatic rings. The van der Waals surface area contributed by atoms with Crippen molar-refractivity contribution in [2.75, 3.05) is 19.6 Å². The molecule has 0 amide bonds. The predicted molar refractivity (Wildman–Crippen MR) is 71.6 cm³/mol. The van der Waals surface area contributed by atoms with E-state index in [1.165, 1.54) is 45.2 Å². The highest BCUT2D eigenvalue weighted by Crippen LogP contribution is 2.29. The summed E-state index contributed by atoms with van der Waals surface area (Å²) in [7, 11) is 0. The van der Waals surface area contributed by atoms with E-state index in [0.717, 1.165) is 6.54 Å². The van der Waals surface area contributed by atoms with Gasteiger partial charge >= 0.3 is 0 Å². The quantitative estimate of drug-likeness (QED) is 0.801. The Hall–Kier alpha value is -0.0800. The maximum atomic E-state index is 6.27. The lowest BCUT2D eigenvalue weighted by Crippen LogP contribution is -2.53. The molecule has 1 fully saturated rings. The molecule has 1 aliphatic rings. The third-order valence-corrected chi connectivity index (χ3v) is 4.31. The van der Waals surface area contributed by atoms with E-state index < -0.39 is 0 Å². The number of likely N-dealkylation sites (tertiary alicyclic amines) is 1. The number of rotatable bonds is 3. The third-order valence-electron chi connectivity index (χ3n) is 4.31. The van der Waals surface area contributed by atoms with E-state index >= 15 is 0 Å². The molecule has 1 aliphatic heterocycles. The first-order valence-corrected chi connectivity index (χ1v) is 6.84. The van der Waals surface area contributed by atoms with Crippen molar-refractivity contribution in [3.63, 3.8) is 0 Å². The van der Waals surface area contributed by atoms with Crippen LogP contribution in [0.3, 0.4) is 0 Å². The molecule has 0 spiro atoms. The molecule has 16 heavy (non-hydrogen) atoms. The molecular weight excluding hydrogens is 196 g/mol. The summed E-state index contributed by atoms with van der Waals surface area (Å²) in [6, 6.07) is 0. The van der Waals surface area contributed by atoms with Crippen LogP contribution in [0.1, 0.15) is 59.8 Å². The largest absolute Gasteiger partial charge is 0.325 e. The summed E-state index contributed by atoms with van der Waals surface area (Å²) in [5, 5.41) is 0. The number of hydrogen-bond donors (Lipinski definition) is 1. The maximum absolute atomic E-state index is 6.27. The van der Waals surface area contributed by atoms with Crippen LogP contribution in [-0.4, -0.2) is 30.1 Å². The van der Waals surface area contributed by atoms with E-state index in [2.05, 4.69) is 32.6 Å². The van der Waals surface area contributed by atoms with Gasteiger partial charge in [0.2, 0.25) is 0 Å². The zero-order valence-electron chi connectivity index (χ0n) is 11.7. The van der Waals surface area contributed by atoms with Gasteiger partial charge in [0, 0.05) is 12.1 Å². The molecule has 0 saturated carbocycles. The van der Waals surface area contributed by atoms with Gasteiger partial charge < -0.3 is 10.6 Å². The summed E-state index contributed by atoms with van der Waals surface area (Å²) in [4.78, 5) is 2.62. The van der Waals surface area contributed by atoms with Crippen LogP contribution in [-0.2, 0) is 0 Å². The second-order valence-electron chi connectivity index (χ2n) is 6.65. The molecule has 0 radical (unpaired) electrons. The second-order valence-corrected chi connectivity index (χ2v) is 6.65. The number of nitrogens with two attached hydrogens (primary N) is 1.